The van der Waals surface area contributed by atoms with Crippen LogP contribution in [0.5, 0.6) is 11.5 Å². The Kier molecular flexibility index (Phi) is 9.83. The third-order valence-electron chi connectivity index (χ3n) is 7.55. The number of carbonyl (C=O) groups is 2. The summed E-state index contributed by atoms with van der Waals surface area (Å²) >= 11 is 6.80. The Bertz CT molecular complexity index is 1780. The number of thiocarbonyl (C=S) groups is 1. The van der Waals surface area contributed by atoms with Crippen LogP contribution in [-0.2, 0) is 9.53 Å². The van der Waals surface area contributed by atoms with Crippen molar-refractivity contribution >= 4 is 63.4 Å². The zero-order valence-electron chi connectivity index (χ0n) is 24.8. The Labute approximate surface area is 274 Å². The number of benzene rings is 3. The summed E-state index contributed by atoms with van der Waals surface area (Å²) in [6, 6.07) is 17.8. The Morgan fingerprint density at radius 3 is 2.63 bits per heavy atom. The minimum atomic E-state index is -0.993. The van der Waals surface area contributed by atoms with Gasteiger partial charge in [-0.05, 0) is 72.2 Å². The third kappa shape index (κ3) is 7.50. The molecule has 4 aromatic rings. The maximum absolute atomic E-state index is 13.3. The van der Waals surface area contributed by atoms with Crippen LogP contribution in [0, 0.1) is 0 Å². The molecule has 0 aliphatic carbocycles. The molecular weight excluding hydrogens is 629 g/mol. The predicted octanol–water partition coefficient (Wildman–Crippen LogP) is 5.16. The first-order valence-corrected chi connectivity index (χ1v) is 16.0. The maximum Gasteiger partial charge on any atom is 0.335 e. The molecule has 0 atom stereocenters. The molecule has 1 amide bonds. The molecule has 3 N–H and O–H groups in total. The van der Waals surface area contributed by atoms with Gasteiger partial charge in [0.05, 0.1) is 30.3 Å². The van der Waals surface area contributed by atoms with Crippen LogP contribution in [0.2, 0.25) is 0 Å². The van der Waals surface area contributed by atoms with Crippen molar-refractivity contribution < 1.29 is 33.3 Å². The summed E-state index contributed by atoms with van der Waals surface area (Å²) in [7, 11) is 0. The molecule has 6 rings (SSSR count). The van der Waals surface area contributed by atoms with Crippen molar-refractivity contribution in [2.24, 2.45) is 0 Å². The van der Waals surface area contributed by atoms with Crippen LogP contribution in [0.15, 0.2) is 70.0 Å². The Morgan fingerprint density at radius 1 is 1.04 bits per heavy atom. The number of rotatable bonds is 12. The Balaban J connectivity index is 1.15. The minimum absolute atomic E-state index is 0.103. The SMILES string of the molecule is Nc1nc2cc(-c3cc(C=C4SC(=S)N(CCCOc5ccc(C(=O)O)cc5)C4=O)ccc3OCCN3CCOCC3)ccc2o1. The van der Waals surface area contributed by atoms with Crippen LogP contribution in [-0.4, -0.2) is 88.7 Å². The number of anilines is 1. The molecule has 2 aliphatic rings. The van der Waals surface area contributed by atoms with Crippen LogP contribution in [0.1, 0.15) is 22.3 Å². The second kappa shape index (κ2) is 14.3. The summed E-state index contributed by atoms with van der Waals surface area (Å²) in [5.74, 6) is 0.123. The lowest BCUT2D eigenvalue weighted by atomic mass is 10.0. The van der Waals surface area contributed by atoms with Crippen molar-refractivity contribution in [3.05, 3.63) is 76.7 Å². The highest BCUT2D eigenvalue weighted by molar-refractivity contribution is 8.26. The van der Waals surface area contributed by atoms with Gasteiger partial charge in [-0.25, -0.2) is 4.79 Å². The Hall–Kier alpha value is -4.43. The molecule has 46 heavy (non-hydrogen) atoms. The molecule has 2 aliphatic heterocycles. The van der Waals surface area contributed by atoms with Gasteiger partial charge in [-0.2, -0.15) is 4.98 Å². The molecule has 2 fully saturated rings. The van der Waals surface area contributed by atoms with E-state index >= 15 is 0 Å². The highest BCUT2D eigenvalue weighted by Crippen LogP contribution is 2.37. The second-order valence-electron chi connectivity index (χ2n) is 10.7. The fourth-order valence-electron chi connectivity index (χ4n) is 5.16. The van der Waals surface area contributed by atoms with Crippen molar-refractivity contribution in [1.82, 2.24) is 14.8 Å². The van der Waals surface area contributed by atoms with Crippen molar-refractivity contribution in [2.45, 2.75) is 6.42 Å². The average molecular weight is 661 g/mol. The lowest BCUT2D eigenvalue weighted by Gasteiger charge is -2.26. The summed E-state index contributed by atoms with van der Waals surface area (Å²) in [5, 5.41) is 9.04. The maximum atomic E-state index is 13.3. The minimum Gasteiger partial charge on any atom is -0.494 e. The van der Waals surface area contributed by atoms with Gasteiger partial charge in [0, 0.05) is 31.7 Å². The molecule has 0 spiro atoms. The van der Waals surface area contributed by atoms with E-state index in [1.165, 1.54) is 23.9 Å². The number of carbonyl (C=O) groups excluding carboxylic acids is 1. The number of hydrogen-bond acceptors (Lipinski definition) is 11. The van der Waals surface area contributed by atoms with E-state index in [1.54, 1.807) is 17.0 Å². The third-order valence-corrected chi connectivity index (χ3v) is 8.93. The number of ether oxygens (including phenoxy) is 3. The van der Waals surface area contributed by atoms with E-state index in [0.717, 1.165) is 49.5 Å². The number of nitrogen functional groups attached to an aromatic ring is 1. The lowest BCUT2D eigenvalue weighted by molar-refractivity contribution is -0.122. The van der Waals surface area contributed by atoms with Gasteiger partial charge in [0.25, 0.3) is 11.9 Å². The molecule has 3 heterocycles. The Morgan fingerprint density at radius 2 is 1.85 bits per heavy atom. The first-order chi connectivity index (χ1) is 22.3. The summed E-state index contributed by atoms with van der Waals surface area (Å²) in [6.07, 6.45) is 2.39. The van der Waals surface area contributed by atoms with Crippen molar-refractivity contribution in [3.8, 4) is 22.6 Å². The molecule has 13 heteroatoms. The number of carboxylic acids is 1. The summed E-state index contributed by atoms with van der Waals surface area (Å²) in [5.41, 5.74) is 9.76. The molecule has 2 saturated heterocycles. The monoisotopic (exact) mass is 660 g/mol. The number of fused-ring (bicyclic) bond motifs is 1. The van der Waals surface area contributed by atoms with Crippen LogP contribution in [0.4, 0.5) is 6.01 Å². The lowest BCUT2D eigenvalue weighted by Crippen LogP contribution is -2.38. The molecule has 3 aromatic carbocycles. The molecular formula is C33H32N4O7S2. The summed E-state index contributed by atoms with van der Waals surface area (Å²) in [4.78, 5) is 33.1. The molecule has 0 bridgehead atoms. The highest BCUT2D eigenvalue weighted by atomic mass is 32.2. The predicted molar refractivity (Wildman–Crippen MR) is 180 cm³/mol. The molecule has 0 radical (unpaired) electrons. The van der Waals surface area contributed by atoms with E-state index in [0.29, 0.717) is 58.0 Å². The smallest absolute Gasteiger partial charge is 0.335 e. The molecule has 1 aromatic heterocycles. The van der Waals surface area contributed by atoms with Crippen LogP contribution >= 0.6 is 24.0 Å². The number of aromatic carboxylic acids is 1. The largest absolute Gasteiger partial charge is 0.494 e. The van der Waals surface area contributed by atoms with Gasteiger partial charge < -0.3 is 29.5 Å². The van der Waals surface area contributed by atoms with Gasteiger partial charge in [-0.1, -0.05) is 36.1 Å². The van der Waals surface area contributed by atoms with Crippen LogP contribution in [0.25, 0.3) is 28.3 Å². The fraction of sp³-hybridized carbons (Fsp3) is 0.273. The van der Waals surface area contributed by atoms with Crippen LogP contribution < -0.4 is 15.2 Å². The second-order valence-corrected chi connectivity index (χ2v) is 12.3. The number of aromatic nitrogens is 1. The number of amides is 1. The van der Waals surface area contributed by atoms with Crippen LogP contribution in [0.3, 0.4) is 0 Å². The van der Waals surface area contributed by atoms with Gasteiger partial charge in [0.15, 0.2) is 5.58 Å². The normalized spacial score (nSPS) is 16.4. The van der Waals surface area contributed by atoms with Gasteiger partial charge >= 0.3 is 5.97 Å². The van der Waals surface area contributed by atoms with Crippen molar-refractivity contribution in [3.63, 3.8) is 0 Å². The van der Waals surface area contributed by atoms with E-state index in [1.807, 2.05) is 42.5 Å². The number of hydrogen-bond donors (Lipinski definition) is 2. The van der Waals surface area contributed by atoms with Gasteiger partial charge in [-0.15, -0.1) is 0 Å². The first-order valence-electron chi connectivity index (χ1n) is 14.8. The molecule has 238 valence electrons. The zero-order chi connectivity index (χ0) is 32.0. The number of carboxylic acid groups (broad SMARTS) is 1. The summed E-state index contributed by atoms with van der Waals surface area (Å²) in [6.45, 7) is 5.27. The fourth-order valence-corrected chi connectivity index (χ4v) is 6.47. The van der Waals surface area contributed by atoms with E-state index in [4.69, 9.17) is 41.7 Å². The van der Waals surface area contributed by atoms with Crippen molar-refractivity contribution in [1.29, 1.82) is 0 Å². The molecule has 11 nitrogen and oxygen atoms in total. The zero-order valence-corrected chi connectivity index (χ0v) is 26.5. The standard InChI is InChI=1S/C33H32N4O7S2/c34-32-35-26-20-23(5-9-28(26)44-32)25-18-21(2-8-27(25)43-17-13-36-11-15-41-16-12-36)19-29-30(38)37(33(45)46-29)10-1-14-42-24-6-3-22(4-7-24)31(39)40/h2-9,18-20H,1,10-17H2,(H2,34,35)(H,39,40). The number of nitrogens with zero attached hydrogens (tertiary/aromatic N) is 3. The summed E-state index contributed by atoms with van der Waals surface area (Å²) < 4.78 is 23.4. The highest BCUT2D eigenvalue weighted by Gasteiger charge is 2.31. The average Bonchev–Trinajstić information content (AvgIpc) is 3.56. The number of oxazole rings is 1. The topological polar surface area (TPSA) is 141 Å². The van der Waals surface area contributed by atoms with Crippen molar-refractivity contribution in [2.75, 3.05) is 58.3 Å². The quantitative estimate of drug-likeness (QED) is 0.118. The molecule has 0 saturated carbocycles. The van der Waals surface area contributed by atoms with E-state index < -0.39 is 5.97 Å². The first kappa shape index (κ1) is 31.5. The number of nitrogens with two attached hydrogens (primary N) is 1. The van der Waals surface area contributed by atoms with E-state index in [9.17, 15) is 9.59 Å². The van der Waals surface area contributed by atoms with Gasteiger partial charge in [0.2, 0.25) is 0 Å². The van der Waals surface area contributed by atoms with Gasteiger partial charge in [-0.3, -0.25) is 14.6 Å². The molecule has 0 unspecified atom stereocenters. The van der Waals surface area contributed by atoms with E-state index in [2.05, 4.69) is 9.88 Å². The van der Waals surface area contributed by atoms with E-state index in [-0.39, 0.29) is 17.5 Å². The number of thioether (sulfide) groups is 1. The van der Waals surface area contributed by atoms with Gasteiger partial charge in [0.1, 0.15) is 27.9 Å². The number of morpholine rings is 1.